The van der Waals surface area contributed by atoms with E-state index in [1.165, 1.54) is 11.8 Å². The molecule has 5 nitrogen and oxygen atoms in total. The Labute approximate surface area is 123 Å². The Kier molecular flexibility index (Phi) is 7.57. The highest BCUT2D eigenvalue weighted by Gasteiger charge is 2.04. The van der Waals surface area contributed by atoms with Crippen LogP contribution in [-0.2, 0) is 14.3 Å². The van der Waals surface area contributed by atoms with Crippen LogP contribution in [0.3, 0.4) is 0 Å². The van der Waals surface area contributed by atoms with Gasteiger partial charge in [0.2, 0.25) is 5.91 Å². The van der Waals surface area contributed by atoms with Crippen molar-refractivity contribution in [2.75, 3.05) is 29.2 Å². The second-order valence-corrected chi connectivity index (χ2v) is 5.24. The first-order valence-electron chi connectivity index (χ1n) is 6.50. The van der Waals surface area contributed by atoms with Gasteiger partial charge in [-0.2, -0.15) is 11.8 Å². The number of esters is 1. The van der Waals surface area contributed by atoms with E-state index < -0.39 is 0 Å². The maximum absolute atomic E-state index is 11.7. The number of nitrogens with one attached hydrogen (secondary N) is 1. The van der Waals surface area contributed by atoms with Crippen LogP contribution in [0, 0.1) is 0 Å². The second-order valence-electron chi connectivity index (χ2n) is 4.13. The van der Waals surface area contributed by atoms with Crippen molar-refractivity contribution in [2.45, 2.75) is 19.8 Å². The smallest absolute Gasteiger partial charge is 0.315 e. The summed E-state index contributed by atoms with van der Waals surface area (Å²) in [6.45, 7) is 2.19. The molecular formula is C14H20N2O3S. The van der Waals surface area contributed by atoms with Gasteiger partial charge < -0.3 is 15.8 Å². The van der Waals surface area contributed by atoms with Gasteiger partial charge >= 0.3 is 5.97 Å². The van der Waals surface area contributed by atoms with Crippen molar-refractivity contribution in [3.05, 3.63) is 24.3 Å². The van der Waals surface area contributed by atoms with Crippen molar-refractivity contribution in [1.29, 1.82) is 0 Å². The number of amides is 1. The minimum Gasteiger partial charge on any atom is -0.465 e. The number of hydrogen-bond donors (Lipinski definition) is 2. The van der Waals surface area contributed by atoms with E-state index in [2.05, 4.69) is 5.32 Å². The number of nitrogens with two attached hydrogens (primary N) is 1. The first-order valence-corrected chi connectivity index (χ1v) is 7.66. The molecular weight excluding hydrogens is 276 g/mol. The molecule has 0 atom stereocenters. The Bertz CT molecular complexity index is 435. The molecule has 20 heavy (non-hydrogen) atoms. The number of benzene rings is 1. The maximum atomic E-state index is 11.7. The van der Waals surface area contributed by atoms with Gasteiger partial charge in [-0.3, -0.25) is 9.59 Å². The van der Waals surface area contributed by atoms with Gasteiger partial charge in [0.05, 0.1) is 12.4 Å². The Hall–Kier alpha value is -1.69. The van der Waals surface area contributed by atoms with Gasteiger partial charge in [0, 0.05) is 17.8 Å². The molecule has 0 fully saturated rings. The summed E-state index contributed by atoms with van der Waals surface area (Å²) in [6, 6.07) is 7.01. The number of hydrogen-bond acceptors (Lipinski definition) is 5. The number of rotatable bonds is 8. The topological polar surface area (TPSA) is 81.4 Å². The third kappa shape index (κ3) is 7.04. The van der Waals surface area contributed by atoms with E-state index in [4.69, 9.17) is 10.5 Å². The molecule has 0 aliphatic carbocycles. The summed E-state index contributed by atoms with van der Waals surface area (Å²) < 4.78 is 4.81. The number of carbonyl (C=O) groups is 2. The van der Waals surface area contributed by atoms with Crippen LogP contribution in [0.25, 0.3) is 0 Å². The van der Waals surface area contributed by atoms with Crippen LogP contribution in [0.4, 0.5) is 11.4 Å². The highest BCUT2D eigenvalue weighted by molar-refractivity contribution is 7.99. The Balaban J connectivity index is 2.11. The largest absolute Gasteiger partial charge is 0.465 e. The van der Waals surface area contributed by atoms with Crippen molar-refractivity contribution >= 4 is 35.0 Å². The van der Waals surface area contributed by atoms with E-state index in [0.29, 0.717) is 24.5 Å². The number of carbonyl (C=O) groups excluding carboxylic acids is 2. The average molecular weight is 296 g/mol. The quantitative estimate of drug-likeness (QED) is 0.437. The van der Waals surface area contributed by atoms with Crippen LogP contribution in [0.5, 0.6) is 0 Å². The third-order valence-corrected chi connectivity index (χ3v) is 3.43. The van der Waals surface area contributed by atoms with Crippen LogP contribution in [-0.4, -0.2) is 30.0 Å². The predicted octanol–water partition coefficient (Wildman–Crippen LogP) is 2.28. The first kappa shape index (κ1) is 16.4. The lowest BCUT2D eigenvalue weighted by atomic mass is 10.2. The van der Waals surface area contributed by atoms with Crippen LogP contribution < -0.4 is 11.1 Å². The minimum absolute atomic E-state index is 0.0356. The average Bonchev–Trinajstić information content (AvgIpc) is 2.41. The monoisotopic (exact) mass is 296 g/mol. The Morgan fingerprint density at radius 1 is 1.30 bits per heavy atom. The molecule has 0 aromatic heterocycles. The highest BCUT2D eigenvalue weighted by Crippen LogP contribution is 2.11. The third-order valence-electron chi connectivity index (χ3n) is 2.41. The van der Waals surface area contributed by atoms with Gasteiger partial charge in [-0.05, 0) is 43.4 Å². The lowest BCUT2D eigenvalue weighted by molar-refractivity contribution is -0.139. The van der Waals surface area contributed by atoms with Crippen LogP contribution in [0.1, 0.15) is 19.8 Å². The molecule has 0 bridgehead atoms. The first-order chi connectivity index (χ1) is 9.61. The SMILES string of the molecule is CCOC(=O)CSCCCC(=O)Nc1ccc(N)cc1. The van der Waals surface area contributed by atoms with E-state index >= 15 is 0 Å². The Morgan fingerprint density at radius 2 is 2.00 bits per heavy atom. The van der Waals surface area contributed by atoms with Crippen molar-refractivity contribution in [1.82, 2.24) is 0 Å². The summed E-state index contributed by atoms with van der Waals surface area (Å²) in [7, 11) is 0. The van der Waals surface area contributed by atoms with Gasteiger partial charge in [-0.15, -0.1) is 0 Å². The summed E-state index contributed by atoms with van der Waals surface area (Å²) in [5, 5.41) is 2.79. The number of nitrogen functional groups attached to an aromatic ring is 1. The zero-order chi connectivity index (χ0) is 14.8. The van der Waals surface area contributed by atoms with E-state index in [9.17, 15) is 9.59 Å². The second kappa shape index (κ2) is 9.25. The molecule has 0 aliphatic rings. The Morgan fingerprint density at radius 3 is 2.65 bits per heavy atom. The molecule has 0 aliphatic heterocycles. The van der Waals surface area contributed by atoms with Crippen LogP contribution >= 0.6 is 11.8 Å². The molecule has 1 amide bonds. The highest BCUT2D eigenvalue weighted by atomic mass is 32.2. The number of thioether (sulfide) groups is 1. The fourth-order valence-electron chi connectivity index (χ4n) is 1.48. The molecule has 1 rings (SSSR count). The molecule has 110 valence electrons. The summed E-state index contributed by atoms with van der Waals surface area (Å²) >= 11 is 1.48. The fraction of sp³-hybridized carbons (Fsp3) is 0.429. The van der Waals surface area contributed by atoms with Gasteiger partial charge in [0.15, 0.2) is 0 Å². The standard InChI is InChI=1S/C14H20N2O3S/c1-2-19-14(18)10-20-9-3-4-13(17)16-12-7-5-11(15)6-8-12/h5-8H,2-4,9-10,15H2,1H3,(H,16,17). The molecule has 0 spiro atoms. The zero-order valence-corrected chi connectivity index (χ0v) is 12.4. The summed E-state index contributed by atoms with van der Waals surface area (Å²) in [5.41, 5.74) is 6.97. The van der Waals surface area contributed by atoms with Gasteiger partial charge in [0.1, 0.15) is 0 Å². The summed E-state index contributed by atoms with van der Waals surface area (Å²) in [6.07, 6.45) is 1.16. The predicted molar refractivity (Wildman–Crippen MR) is 82.7 cm³/mol. The van der Waals surface area contributed by atoms with Gasteiger partial charge in [-0.1, -0.05) is 0 Å². The maximum Gasteiger partial charge on any atom is 0.315 e. The van der Waals surface area contributed by atoms with E-state index in [-0.39, 0.29) is 11.9 Å². The normalized spacial score (nSPS) is 10.1. The zero-order valence-electron chi connectivity index (χ0n) is 11.6. The van der Waals surface area contributed by atoms with Gasteiger partial charge in [-0.25, -0.2) is 0 Å². The van der Waals surface area contributed by atoms with Crippen molar-refractivity contribution in [3.8, 4) is 0 Å². The number of ether oxygens (including phenoxy) is 1. The van der Waals surface area contributed by atoms with Crippen molar-refractivity contribution in [2.24, 2.45) is 0 Å². The lowest BCUT2D eigenvalue weighted by Gasteiger charge is -2.05. The molecule has 6 heteroatoms. The molecule has 1 aromatic rings. The van der Waals surface area contributed by atoms with E-state index in [0.717, 1.165) is 17.9 Å². The van der Waals surface area contributed by atoms with Crippen LogP contribution in [0.15, 0.2) is 24.3 Å². The van der Waals surface area contributed by atoms with Gasteiger partial charge in [0.25, 0.3) is 0 Å². The van der Waals surface area contributed by atoms with Crippen molar-refractivity contribution < 1.29 is 14.3 Å². The molecule has 0 heterocycles. The van der Waals surface area contributed by atoms with E-state index in [1.54, 1.807) is 31.2 Å². The summed E-state index contributed by atoms with van der Waals surface area (Å²) in [4.78, 5) is 22.7. The molecule has 0 radical (unpaired) electrons. The molecule has 3 N–H and O–H groups in total. The van der Waals surface area contributed by atoms with Crippen molar-refractivity contribution in [3.63, 3.8) is 0 Å². The minimum atomic E-state index is -0.205. The molecule has 0 saturated carbocycles. The lowest BCUT2D eigenvalue weighted by Crippen LogP contribution is -2.12. The molecule has 0 unspecified atom stereocenters. The van der Waals surface area contributed by atoms with Crippen LogP contribution in [0.2, 0.25) is 0 Å². The fourth-order valence-corrected chi connectivity index (χ4v) is 2.23. The summed E-state index contributed by atoms with van der Waals surface area (Å²) in [5.74, 6) is 0.858. The molecule has 0 saturated heterocycles. The number of anilines is 2. The van der Waals surface area contributed by atoms with E-state index in [1.807, 2.05) is 0 Å². The molecule has 1 aromatic carbocycles.